The van der Waals surface area contributed by atoms with Gasteiger partial charge in [-0.25, -0.2) is 0 Å². The lowest BCUT2D eigenvalue weighted by molar-refractivity contribution is 0.321. The van der Waals surface area contributed by atoms with Gasteiger partial charge in [0.05, 0.1) is 0 Å². The molecule has 2 unspecified atom stereocenters. The summed E-state index contributed by atoms with van der Waals surface area (Å²) in [7, 11) is 4.32. The minimum Gasteiger partial charge on any atom is -0.309 e. The fourth-order valence-electron chi connectivity index (χ4n) is 4.13. The zero-order valence-electron chi connectivity index (χ0n) is 15.6. The quantitative estimate of drug-likeness (QED) is 0.399. The molecule has 0 radical (unpaired) electrons. The largest absolute Gasteiger partial charge is 0.309 e. The molecule has 0 saturated heterocycles. The smallest absolute Gasteiger partial charge is 0.0355 e. The molecule has 2 atom stereocenters. The number of nitrogens with zero attached hydrogens (tertiary/aromatic N) is 1. The van der Waals surface area contributed by atoms with Crippen molar-refractivity contribution in [3.05, 3.63) is 83.9 Å². The maximum Gasteiger partial charge on any atom is 0.0355 e. The summed E-state index contributed by atoms with van der Waals surface area (Å²) in [6.07, 6.45) is 0. The number of rotatable bonds is 5. The van der Waals surface area contributed by atoms with Gasteiger partial charge in [-0.05, 0) is 49.3 Å². The maximum atomic E-state index is 2.43. The summed E-state index contributed by atoms with van der Waals surface area (Å²) >= 11 is 1.89. The molecule has 0 spiro atoms. The second-order valence-corrected chi connectivity index (χ2v) is 8.57. The molecule has 1 aromatic heterocycles. The van der Waals surface area contributed by atoms with Crippen molar-refractivity contribution in [2.75, 3.05) is 20.6 Å². The Balaban J connectivity index is 1.85. The van der Waals surface area contributed by atoms with Gasteiger partial charge in [0.15, 0.2) is 0 Å². The molecule has 0 aliphatic rings. The average Bonchev–Trinajstić information content (AvgIpc) is 3.00. The molecule has 0 bridgehead atoms. The topological polar surface area (TPSA) is 3.24 Å². The Kier molecular flexibility index (Phi) is 4.80. The van der Waals surface area contributed by atoms with Crippen molar-refractivity contribution in [2.24, 2.45) is 5.92 Å². The first-order valence-corrected chi connectivity index (χ1v) is 10.1. The van der Waals surface area contributed by atoms with Crippen molar-refractivity contribution < 1.29 is 0 Å². The molecule has 2 heteroatoms. The van der Waals surface area contributed by atoms with E-state index in [0.29, 0.717) is 11.8 Å². The van der Waals surface area contributed by atoms with E-state index in [1.807, 2.05) is 11.3 Å². The molecule has 4 rings (SSSR count). The van der Waals surface area contributed by atoms with Gasteiger partial charge in [-0.15, -0.1) is 11.3 Å². The molecule has 132 valence electrons. The van der Waals surface area contributed by atoms with Crippen LogP contribution in [0.25, 0.3) is 20.2 Å². The summed E-state index contributed by atoms with van der Waals surface area (Å²) in [5.41, 5.74) is 2.82. The maximum absolute atomic E-state index is 2.43. The van der Waals surface area contributed by atoms with E-state index in [-0.39, 0.29) is 0 Å². The Morgan fingerprint density at radius 2 is 1.46 bits per heavy atom. The van der Waals surface area contributed by atoms with Gasteiger partial charge >= 0.3 is 0 Å². The van der Waals surface area contributed by atoms with E-state index >= 15 is 0 Å². The van der Waals surface area contributed by atoms with Crippen molar-refractivity contribution in [3.8, 4) is 0 Å². The van der Waals surface area contributed by atoms with Crippen molar-refractivity contribution >= 4 is 31.5 Å². The van der Waals surface area contributed by atoms with Crippen molar-refractivity contribution in [3.63, 3.8) is 0 Å². The number of hydrogen-bond acceptors (Lipinski definition) is 2. The van der Waals surface area contributed by atoms with Gasteiger partial charge in [-0.3, -0.25) is 0 Å². The number of thiophene rings is 1. The minimum absolute atomic E-state index is 0.404. The fourth-order valence-corrected chi connectivity index (χ4v) is 5.21. The van der Waals surface area contributed by atoms with E-state index in [0.717, 1.165) is 6.54 Å². The summed E-state index contributed by atoms with van der Waals surface area (Å²) < 4.78 is 2.75. The summed E-state index contributed by atoms with van der Waals surface area (Å²) in [4.78, 5) is 2.29. The van der Waals surface area contributed by atoms with Crippen LogP contribution in [0.15, 0.2) is 72.8 Å². The van der Waals surface area contributed by atoms with E-state index in [4.69, 9.17) is 0 Å². The standard InChI is InChI=1S/C24H25NS/c1-17(16-25(2)3)24(18-9-5-4-6-10-18)19-13-14-23-21(15-19)20-11-7-8-12-22(20)26-23/h4-15,17,24H,16H2,1-3H3. The number of benzene rings is 3. The third-order valence-electron chi connectivity index (χ3n) is 5.14. The first-order valence-electron chi connectivity index (χ1n) is 9.24. The summed E-state index contributed by atoms with van der Waals surface area (Å²) in [5.74, 6) is 0.941. The van der Waals surface area contributed by atoms with Crippen LogP contribution in [0.1, 0.15) is 24.0 Å². The molecular weight excluding hydrogens is 334 g/mol. The van der Waals surface area contributed by atoms with Crippen LogP contribution in [-0.2, 0) is 0 Å². The highest BCUT2D eigenvalue weighted by Gasteiger charge is 2.22. The first-order chi connectivity index (χ1) is 12.6. The molecular formula is C24H25NS. The monoisotopic (exact) mass is 359 g/mol. The molecule has 0 aliphatic carbocycles. The highest BCUT2D eigenvalue weighted by Crippen LogP contribution is 2.38. The SMILES string of the molecule is CC(CN(C)C)C(c1ccccc1)c1ccc2sc3ccccc3c2c1. The molecule has 4 aromatic rings. The van der Waals surface area contributed by atoms with Gasteiger partial charge in [-0.2, -0.15) is 0 Å². The fraction of sp³-hybridized carbons (Fsp3) is 0.250. The van der Waals surface area contributed by atoms with Gasteiger partial charge in [0.25, 0.3) is 0 Å². The predicted molar refractivity (Wildman–Crippen MR) is 115 cm³/mol. The van der Waals surface area contributed by atoms with Crippen LogP contribution in [0, 0.1) is 5.92 Å². The van der Waals surface area contributed by atoms with Crippen LogP contribution in [0.2, 0.25) is 0 Å². The Labute approximate surface area is 159 Å². The molecule has 0 fully saturated rings. The Bertz CT molecular complexity index is 1020. The van der Waals surface area contributed by atoms with Crippen LogP contribution in [0.3, 0.4) is 0 Å². The molecule has 0 N–H and O–H groups in total. The normalized spacial score (nSPS) is 14.2. The van der Waals surface area contributed by atoms with Crippen molar-refractivity contribution in [1.82, 2.24) is 4.90 Å². The van der Waals surface area contributed by atoms with Crippen LogP contribution < -0.4 is 0 Å². The predicted octanol–water partition coefficient (Wildman–Crippen LogP) is 6.38. The first kappa shape index (κ1) is 17.3. The van der Waals surface area contributed by atoms with Crippen molar-refractivity contribution in [2.45, 2.75) is 12.8 Å². The second-order valence-electron chi connectivity index (χ2n) is 7.48. The van der Waals surface area contributed by atoms with Crippen LogP contribution >= 0.6 is 11.3 Å². The van der Waals surface area contributed by atoms with E-state index in [1.54, 1.807) is 0 Å². The van der Waals surface area contributed by atoms with Gasteiger partial charge in [0.2, 0.25) is 0 Å². The molecule has 3 aromatic carbocycles. The molecule has 0 saturated carbocycles. The second kappa shape index (κ2) is 7.22. The number of hydrogen-bond donors (Lipinski definition) is 0. The average molecular weight is 360 g/mol. The van der Waals surface area contributed by atoms with E-state index in [2.05, 4.69) is 98.7 Å². The van der Waals surface area contributed by atoms with Gasteiger partial charge in [0.1, 0.15) is 0 Å². The zero-order valence-corrected chi connectivity index (χ0v) is 16.5. The lowest BCUT2D eigenvalue weighted by Crippen LogP contribution is -2.25. The van der Waals surface area contributed by atoms with Crippen LogP contribution in [0.4, 0.5) is 0 Å². The Morgan fingerprint density at radius 3 is 2.23 bits per heavy atom. The molecule has 0 aliphatic heterocycles. The molecule has 26 heavy (non-hydrogen) atoms. The number of fused-ring (bicyclic) bond motifs is 3. The minimum atomic E-state index is 0.404. The summed E-state index contributed by atoms with van der Waals surface area (Å²) in [5, 5.41) is 2.77. The highest BCUT2D eigenvalue weighted by atomic mass is 32.1. The van der Waals surface area contributed by atoms with Crippen LogP contribution in [0.5, 0.6) is 0 Å². The zero-order chi connectivity index (χ0) is 18.1. The summed E-state index contributed by atoms with van der Waals surface area (Å²) in [6.45, 7) is 3.44. The van der Waals surface area contributed by atoms with Crippen molar-refractivity contribution in [1.29, 1.82) is 0 Å². The third-order valence-corrected chi connectivity index (χ3v) is 6.29. The Morgan fingerprint density at radius 1 is 0.769 bits per heavy atom. The molecule has 1 heterocycles. The van der Waals surface area contributed by atoms with Gasteiger partial charge < -0.3 is 4.90 Å². The van der Waals surface area contributed by atoms with E-state index in [1.165, 1.54) is 31.3 Å². The van der Waals surface area contributed by atoms with Gasteiger partial charge in [-0.1, -0.05) is 61.5 Å². The third kappa shape index (κ3) is 3.27. The molecule has 0 amide bonds. The highest BCUT2D eigenvalue weighted by molar-refractivity contribution is 7.25. The Hall–Kier alpha value is -2.16. The molecule has 1 nitrogen and oxygen atoms in total. The lowest BCUT2D eigenvalue weighted by atomic mass is 9.81. The summed E-state index contributed by atoms with van der Waals surface area (Å²) in [6, 6.07) is 26.8. The lowest BCUT2D eigenvalue weighted by Gasteiger charge is -2.27. The van der Waals surface area contributed by atoms with Crippen LogP contribution in [-0.4, -0.2) is 25.5 Å². The van der Waals surface area contributed by atoms with E-state index in [9.17, 15) is 0 Å². The van der Waals surface area contributed by atoms with Gasteiger partial charge in [0, 0.05) is 32.6 Å². The van der Waals surface area contributed by atoms with E-state index < -0.39 is 0 Å².